The van der Waals surface area contributed by atoms with Gasteiger partial charge in [-0.05, 0) is 48.0 Å². The van der Waals surface area contributed by atoms with Crippen molar-refractivity contribution in [1.82, 2.24) is 0 Å². The largest absolute Gasteiger partial charge is 0.409 e. The standard InChI is InChI=1S/C24H34BrNO2SSi/c1-6-30(7-2,8-3)28-24(21-14-16-22(25)17-15-21)20(4)18-19-29(27,26-5)23-12-10-9-11-13-23/h9-20,24H,6-8H2,1-5H3/b19-18-/t20-,24+,29?/m0/s1. The fraction of sp³-hybridized carbons (Fsp3) is 0.417. The van der Waals surface area contributed by atoms with Gasteiger partial charge in [-0.1, -0.05) is 80.0 Å². The lowest BCUT2D eigenvalue weighted by molar-refractivity contribution is 0.152. The molecule has 1 unspecified atom stereocenters. The second-order valence-electron chi connectivity index (χ2n) is 7.59. The molecular weight excluding hydrogens is 474 g/mol. The summed E-state index contributed by atoms with van der Waals surface area (Å²) < 4.78 is 25.6. The maximum atomic E-state index is 13.4. The van der Waals surface area contributed by atoms with Crippen LogP contribution in [0.25, 0.3) is 0 Å². The summed E-state index contributed by atoms with van der Waals surface area (Å²) in [6.07, 6.45) is 1.95. The number of rotatable bonds is 10. The predicted molar refractivity (Wildman–Crippen MR) is 135 cm³/mol. The highest BCUT2D eigenvalue weighted by Gasteiger charge is 2.34. The van der Waals surface area contributed by atoms with Crippen LogP contribution in [0, 0.1) is 5.92 Å². The van der Waals surface area contributed by atoms with Gasteiger partial charge in [0.15, 0.2) is 8.32 Å². The van der Waals surface area contributed by atoms with Gasteiger partial charge in [0.25, 0.3) is 0 Å². The van der Waals surface area contributed by atoms with E-state index in [2.05, 4.69) is 72.3 Å². The van der Waals surface area contributed by atoms with Gasteiger partial charge in [0.2, 0.25) is 0 Å². The van der Waals surface area contributed by atoms with Gasteiger partial charge in [0, 0.05) is 22.8 Å². The summed E-state index contributed by atoms with van der Waals surface area (Å²) in [7, 11) is -2.80. The summed E-state index contributed by atoms with van der Waals surface area (Å²) in [6.45, 7) is 8.88. The molecule has 0 saturated heterocycles. The topological polar surface area (TPSA) is 38.7 Å². The van der Waals surface area contributed by atoms with Crippen molar-refractivity contribution in [3.05, 3.63) is 76.1 Å². The predicted octanol–water partition coefficient (Wildman–Crippen LogP) is 7.82. The fourth-order valence-electron chi connectivity index (χ4n) is 3.59. The van der Waals surface area contributed by atoms with Crippen LogP contribution >= 0.6 is 15.9 Å². The van der Waals surface area contributed by atoms with Gasteiger partial charge in [-0.2, -0.15) is 0 Å². The zero-order valence-corrected chi connectivity index (χ0v) is 22.1. The molecule has 0 heterocycles. The number of benzene rings is 2. The zero-order valence-electron chi connectivity index (χ0n) is 18.7. The molecule has 0 aliphatic carbocycles. The van der Waals surface area contributed by atoms with Crippen LogP contribution in [0.2, 0.25) is 18.1 Å². The lowest BCUT2D eigenvalue weighted by Gasteiger charge is -2.35. The lowest BCUT2D eigenvalue weighted by atomic mass is 9.98. The third-order valence-electron chi connectivity index (χ3n) is 5.90. The smallest absolute Gasteiger partial charge is 0.192 e. The van der Waals surface area contributed by atoms with E-state index in [4.69, 9.17) is 4.43 Å². The van der Waals surface area contributed by atoms with Gasteiger partial charge in [-0.15, -0.1) is 0 Å². The van der Waals surface area contributed by atoms with E-state index < -0.39 is 18.0 Å². The Morgan fingerprint density at radius 2 is 1.60 bits per heavy atom. The Kier molecular flexibility index (Phi) is 9.53. The molecule has 0 N–H and O–H groups in total. The molecule has 164 valence electrons. The van der Waals surface area contributed by atoms with Gasteiger partial charge < -0.3 is 4.43 Å². The van der Waals surface area contributed by atoms with Gasteiger partial charge in [0.05, 0.1) is 20.7 Å². The molecule has 0 radical (unpaired) electrons. The first-order valence-corrected chi connectivity index (χ1v) is 15.5. The minimum atomic E-state index is -2.59. The van der Waals surface area contributed by atoms with Crippen molar-refractivity contribution in [2.24, 2.45) is 10.3 Å². The van der Waals surface area contributed by atoms with Gasteiger partial charge in [-0.3, -0.25) is 0 Å². The number of halogens is 1. The number of hydrogen-bond donors (Lipinski definition) is 0. The Hall–Kier alpha value is -1.21. The van der Waals surface area contributed by atoms with Crippen molar-refractivity contribution in [2.75, 3.05) is 7.05 Å². The summed E-state index contributed by atoms with van der Waals surface area (Å²) in [5.74, 6) is 0.0639. The summed E-state index contributed by atoms with van der Waals surface area (Å²) in [5, 5.41) is 1.77. The van der Waals surface area contributed by atoms with E-state index in [1.54, 1.807) is 12.5 Å². The van der Waals surface area contributed by atoms with Gasteiger partial charge in [-0.25, -0.2) is 8.57 Å². The SMILES string of the molecule is CC[Si](CC)(CC)O[C@@H](c1ccc(Br)cc1)[C@@H](C)/C=C\S(=O)(=NC)c1ccccc1. The molecule has 3 nitrogen and oxygen atoms in total. The van der Waals surface area contributed by atoms with Crippen molar-refractivity contribution >= 4 is 34.0 Å². The van der Waals surface area contributed by atoms with E-state index >= 15 is 0 Å². The van der Waals surface area contributed by atoms with E-state index in [1.165, 1.54) is 0 Å². The third kappa shape index (κ3) is 6.16. The van der Waals surface area contributed by atoms with E-state index in [9.17, 15) is 4.21 Å². The molecule has 0 aliphatic heterocycles. The van der Waals surface area contributed by atoms with Crippen LogP contribution in [0.1, 0.15) is 39.4 Å². The highest BCUT2D eigenvalue weighted by atomic mass is 79.9. The van der Waals surface area contributed by atoms with Gasteiger partial charge in [0.1, 0.15) is 0 Å². The number of nitrogens with zero attached hydrogens (tertiary/aromatic N) is 1. The van der Waals surface area contributed by atoms with Crippen LogP contribution in [0.5, 0.6) is 0 Å². The molecule has 0 bridgehead atoms. The van der Waals surface area contributed by atoms with Crippen molar-refractivity contribution in [1.29, 1.82) is 0 Å². The highest BCUT2D eigenvalue weighted by Crippen LogP contribution is 2.35. The maximum Gasteiger partial charge on any atom is 0.192 e. The quantitative estimate of drug-likeness (QED) is 0.307. The zero-order chi connectivity index (χ0) is 22.2. The monoisotopic (exact) mass is 507 g/mol. The molecule has 6 heteroatoms. The van der Waals surface area contributed by atoms with Crippen molar-refractivity contribution < 1.29 is 8.63 Å². The summed E-state index contributed by atoms with van der Waals surface area (Å²) in [6, 6.07) is 21.1. The molecule has 2 rings (SSSR count). The highest BCUT2D eigenvalue weighted by molar-refractivity contribution is 9.10. The molecule has 2 aromatic carbocycles. The van der Waals surface area contributed by atoms with Crippen LogP contribution in [0.15, 0.2) is 79.8 Å². The molecule has 0 aliphatic rings. The van der Waals surface area contributed by atoms with E-state index in [-0.39, 0.29) is 12.0 Å². The van der Waals surface area contributed by atoms with E-state index in [1.807, 2.05) is 36.4 Å². The number of hydrogen-bond acceptors (Lipinski definition) is 3. The first-order valence-electron chi connectivity index (χ1n) is 10.6. The average molecular weight is 509 g/mol. The van der Waals surface area contributed by atoms with Crippen LogP contribution in [0.4, 0.5) is 0 Å². The normalized spacial score (nSPS) is 16.2. The fourth-order valence-corrected chi connectivity index (χ4v) is 8.24. The first-order chi connectivity index (χ1) is 14.3. The summed E-state index contributed by atoms with van der Waals surface area (Å²) in [5.41, 5.74) is 1.15. The summed E-state index contributed by atoms with van der Waals surface area (Å²) in [4.78, 5) is 0.733. The molecule has 0 fully saturated rings. The Balaban J connectivity index is 2.41. The Bertz CT molecular complexity index is 925. The van der Waals surface area contributed by atoms with E-state index in [0.29, 0.717) is 0 Å². The molecule has 0 saturated carbocycles. The molecule has 30 heavy (non-hydrogen) atoms. The Labute approximate surface area is 192 Å². The van der Waals surface area contributed by atoms with Crippen molar-refractivity contribution in [3.8, 4) is 0 Å². The molecule has 0 spiro atoms. The molecule has 3 atom stereocenters. The van der Waals surface area contributed by atoms with E-state index in [0.717, 1.165) is 33.1 Å². The average Bonchev–Trinajstić information content (AvgIpc) is 2.80. The summed E-state index contributed by atoms with van der Waals surface area (Å²) >= 11 is 3.53. The maximum absolute atomic E-state index is 13.4. The Morgan fingerprint density at radius 3 is 2.10 bits per heavy atom. The van der Waals surface area contributed by atoms with Crippen LogP contribution < -0.4 is 0 Å². The molecule has 0 aromatic heterocycles. The van der Waals surface area contributed by atoms with Crippen molar-refractivity contribution in [2.45, 2.75) is 56.8 Å². The molecular formula is C24H34BrNO2SSi. The van der Waals surface area contributed by atoms with Gasteiger partial charge >= 0.3 is 0 Å². The molecule has 2 aromatic rings. The van der Waals surface area contributed by atoms with Crippen LogP contribution in [-0.4, -0.2) is 19.6 Å². The van der Waals surface area contributed by atoms with Crippen LogP contribution in [-0.2, 0) is 14.2 Å². The second kappa shape index (κ2) is 11.4. The minimum absolute atomic E-state index is 0.0639. The lowest BCUT2D eigenvalue weighted by Crippen LogP contribution is -2.38. The molecule has 0 amide bonds. The Morgan fingerprint density at radius 1 is 1.03 bits per heavy atom. The third-order valence-corrected chi connectivity index (χ3v) is 13.1. The minimum Gasteiger partial charge on any atom is -0.409 e. The van der Waals surface area contributed by atoms with Crippen molar-refractivity contribution in [3.63, 3.8) is 0 Å². The van der Waals surface area contributed by atoms with Crippen LogP contribution in [0.3, 0.4) is 0 Å². The first kappa shape index (κ1) is 25.1. The second-order valence-corrected chi connectivity index (χ2v) is 15.5.